The molecule has 0 bridgehead atoms. The molecule has 0 aliphatic carbocycles. The molecule has 0 saturated heterocycles. The molecule has 0 aliphatic rings. The monoisotopic (exact) mass is 1670 g/mol. The minimum atomic E-state index is -7.22. The Kier molecular flexibility index (Phi) is 27.9. The minimum absolute atomic E-state index is 0.810. The predicted molar refractivity (Wildman–Crippen MR) is 318 cm³/mol. The highest BCUT2D eigenvalue weighted by Crippen LogP contribution is 2.35. The summed E-state index contributed by atoms with van der Waals surface area (Å²) in [5.41, 5.74) is -27.3. The molecule has 0 fully saturated rings. The van der Waals surface area contributed by atoms with Crippen LogP contribution in [0.25, 0.3) is 0 Å². The first-order valence-electron chi connectivity index (χ1n) is 31.0. The molecule has 0 saturated carbocycles. The second-order valence-corrected chi connectivity index (χ2v) is 24.4. The number of para-hydroxylation sites is 1. The molecule has 0 aliphatic heterocycles. The van der Waals surface area contributed by atoms with Crippen molar-refractivity contribution in [2.45, 2.75) is 78.9 Å². The number of rotatable bonds is 15. The van der Waals surface area contributed by atoms with Crippen molar-refractivity contribution < 1.29 is 185 Å². The minimum Gasteiger partial charge on any atom is -0.328 e. The van der Waals surface area contributed by atoms with E-state index in [2.05, 4.69) is 79.9 Å². The normalized spacial score (nSPS) is 12.9. The van der Waals surface area contributed by atoms with Crippen molar-refractivity contribution in [3.8, 4) is 0 Å². The Balaban J connectivity index is 0.000000274. The molecule has 3 atom stereocenters. The topological polar surface area (TPSA) is 8.88 Å². The van der Waals surface area contributed by atoms with Crippen LogP contribution in [0, 0.1) is 233 Å². The van der Waals surface area contributed by atoms with Crippen molar-refractivity contribution in [2.24, 2.45) is 0 Å². The smallest absolute Gasteiger partial charge is 0.200 e. The number of halogens is 40. The largest absolute Gasteiger partial charge is 0.328 e. The summed E-state index contributed by atoms with van der Waals surface area (Å²) in [6, 6.07) is 12.8. The molecule has 9 aromatic rings. The fourth-order valence-electron chi connectivity index (χ4n) is 12.7. The maximum absolute atomic E-state index is 15.4. The Bertz CT molecular complexity index is 4110. The molecule has 44 heteroatoms. The Labute approximate surface area is 601 Å². The third kappa shape index (κ3) is 14.6. The first-order chi connectivity index (χ1) is 51.8. The summed E-state index contributed by atoms with van der Waals surface area (Å²) < 4.78 is 588. The molecule has 0 amide bonds. The van der Waals surface area contributed by atoms with Crippen LogP contribution in [-0.2, 0) is 0 Å². The van der Waals surface area contributed by atoms with Crippen LogP contribution in [0.2, 0.25) is 0 Å². The lowest BCUT2D eigenvalue weighted by molar-refractivity contribution is -0.968. The van der Waals surface area contributed by atoms with Crippen LogP contribution in [0.15, 0.2) is 30.3 Å². The van der Waals surface area contributed by atoms with Gasteiger partial charge in [-0.1, -0.05) is 39.0 Å². The number of nitrogens with one attached hydrogen (secondary N) is 2. The van der Waals surface area contributed by atoms with E-state index in [-0.39, 0.29) is 0 Å². The van der Waals surface area contributed by atoms with Crippen LogP contribution in [0.1, 0.15) is 60.8 Å². The summed E-state index contributed by atoms with van der Waals surface area (Å²) in [4.78, 5) is 3.17. The maximum atomic E-state index is 15.4. The quantitative estimate of drug-likeness (QED) is 0.0438. The van der Waals surface area contributed by atoms with E-state index in [0.29, 0.717) is 0 Å². The Hall–Kier alpha value is -9.77. The fourth-order valence-corrected chi connectivity index (χ4v) is 12.7. The molecule has 9 aromatic carbocycles. The molecule has 2 nitrogen and oxygen atoms in total. The van der Waals surface area contributed by atoms with E-state index in [4.69, 9.17) is 0 Å². The summed E-state index contributed by atoms with van der Waals surface area (Å²) in [6.45, 7) is 14.1. The van der Waals surface area contributed by atoms with Gasteiger partial charge < -0.3 is 9.80 Å². The lowest BCUT2D eigenvalue weighted by Crippen LogP contribution is -3.21. The van der Waals surface area contributed by atoms with Crippen molar-refractivity contribution >= 4 is 61.7 Å². The van der Waals surface area contributed by atoms with Gasteiger partial charge in [-0.15, -0.1) is 43.7 Å². The van der Waals surface area contributed by atoms with Gasteiger partial charge in [0, 0.05) is 0 Å². The number of hydrogen-bond donors (Lipinski definition) is 2. The molecule has 9 rings (SSSR count). The number of benzene rings is 9. The van der Waals surface area contributed by atoms with E-state index in [0.717, 1.165) is 18.1 Å². The van der Waals surface area contributed by atoms with Gasteiger partial charge in [0.05, 0.1) is 32.2 Å². The third-order valence-corrected chi connectivity index (χ3v) is 18.3. The van der Waals surface area contributed by atoms with Gasteiger partial charge in [-0.3, -0.25) is 0 Å². The van der Waals surface area contributed by atoms with Crippen LogP contribution in [0.3, 0.4) is 0 Å². The van der Waals surface area contributed by atoms with Gasteiger partial charge in [0.2, 0.25) is 0 Å². The van der Waals surface area contributed by atoms with Crippen LogP contribution in [-0.4, -0.2) is 44.5 Å². The molecule has 2 N–H and O–H groups in total. The first kappa shape index (κ1) is 91.1. The van der Waals surface area contributed by atoms with Crippen molar-refractivity contribution in [1.82, 2.24) is 0 Å². The first-order valence-corrected chi connectivity index (χ1v) is 31.0. The number of hydrogen-bond acceptors (Lipinski definition) is 0. The molecule has 0 heterocycles. The van der Waals surface area contributed by atoms with Gasteiger partial charge in [0.1, 0.15) is 111 Å². The summed E-state index contributed by atoms with van der Waals surface area (Å²) >= 11 is 0. The van der Waals surface area contributed by atoms with Gasteiger partial charge in [-0.05, 0) is 52.2 Å². The Morgan fingerprint density at radius 2 is 0.304 bits per heavy atom. The highest BCUT2D eigenvalue weighted by atomic mass is 19.2. The molecule has 0 spiro atoms. The molecule has 0 radical (unpaired) electrons. The summed E-state index contributed by atoms with van der Waals surface area (Å²) in [7, 11) is 4.24. The third-order valence-electron chi connectivity index (χ3n) is 18.3. The van der Waals surface area contributed by atoms with E-state index >= 15 is 70.2 Å². The van der Waals surface area contributed by atoms with Crippen molar-refractivity contribution in [3.63, 3.8) is 0 Å². The van der Waals surface area contributed by atoms with E-state index in [1.807, 2.05) is 6.07 Å². The highest BCUT2D eigenvalue weighted by molar-refractivity contribution is 7.21. The second-order valence-electron chi connectivity index (χ2n) is 24.4. The van der Waals surface area contributed by atoms with Gasteiger partial charge in [-0.2, -0.15) is 0 Å². The van der Waals surface area contributed by atoms with Crippen LogP contribution < -0.4 is 53.5 Å². The zero-order chi connectivity index (χ0) is 85.8. The van der Waals surface area contributed by atoms with Crippen molar-refractivity contribution in [2.75, 3.05) is 14.1 Å². The molecule has 112 heavy (non-hydrogen) atoms. The zero-order valence-electron chi connectivity index (χ0n) is 56.5. The summed E-state index contributed by atoms with van der Waals surface area (Å²) in [5.74, 6) is -143. The average molecular weight is 1670 g/mol. The van der Waals surface area contributed by atoms with Gasteiger partial charge in [0.15, 0.2) is 140 Å². The summed E-state index contributed by atoms with van der Waals surface area (Å²) in [6.07, 6.45) is -10.5. The van der Waals surface area contributed by atoms with Gasteiger partial charge >= 0.3 is 0 Å². The molecule has 0 aromatic heterocycles. The predicted octanol–water partition coefficient (Wildman–Crippen LogP) is 14.4. The summed E-state index contributed by atoms with van der Waals surface area (Å²) in [5, 5.41) is 0. The van der Waals surface area contributed by atoms with Crippen LogP contribution >= 0.6 is 0 Å². The lowest BCUT2D eigenvalue weighted by Gasteiger charge is -2.44. The lowest BCUT2D eigenvalue weighted by atomic mass is 9.12. The second kappa shape index (κ2) is 34.3. The van der Waals surface area contributed by atoms with E-state index < -0.39 is 289 Å². The van der Waals surface area contributed by atoms with Crippen LogP contribution in [0.5, 0.6) is 0 Å². The van der Waals surface area contributed by atoms with Gasteiger partial charge in [-0.25, -0.2) is 176 Å². The highest BCUT2D eigenvalue weighted by Gasteiger charge is 2.55. The fraction of sp³-hybridized carbons (Fsp3) is 0.206. The van der Waals surface area contributed by atoms with Crippen molar-refractivity contribution in [1.29, 1.82) is 0 Å². The van der Waals surface area contributed by atoms with E-state index in [9.17, 15) is 105 Å². The molecular weight excluding hydrogens is 1630 g/mol. The standard InChI is InChI=1S/2C24BF20.C12H27N.C8H11N/c2*26-5-1(6(27)14(35)21(42)13(5)34)25(2-7(28)15(36)22(43)16(37)8(2)29,3-9(30)17(38)23(44)18(39)10(3)31)4-11(32)19(40)24(45)20(41)12(4)33;1-7-10(4)13(11(5)8-2)12(6)9-3;1-9(2)8-6-4-3-5-7-8/h;;10-12H,7-9H2,1-6H3;3-7H,1-2H3/q2*-1;;/p+2. The van der Waals surface area contributed by atoms with Crippen molar-refractivity contribution in [3.05, 3.63) is 263 Å². The maximum Gasteiger partial charge on any atom is 0.200 e. The zero-order valence-corrected chi connectivity index (χ0v) is 56.5. The molecule has 608 valence electrons. The van der Waals surface area contributed by atoms with Gasteiger partial charge in [0.25, 0.3) is 0 Å². The SMILES string of the molecule is CCC(C)[NH+](C(C)CC)C(C)CC.C[NH+](C)c1ccccc1.Fc1c(F)c(F)c([B-](c2c(F)c(F)c(F)c(F)c2F)(c2c(F)c(F)c(F)c(F)c2F)c2c(F)c(F)c(F)c(F)c2F)c(F)c1F.Fc1c(F)c(F)c([B-](c2c(F)c(F)c(F)c(F)c2F)(c2c(F)c(F)c(F)c(F)c2F)c2c(F)c(F)c(F)c(F)c2F)c(F)c1F. The Morgan fingerprint density at radius 3 is 0.393 bits per heavy atom. The van der Waals surface area contributed by atoms with E-state index in [1.165, 1.54) is 29.8 Å². The molecule has 3 unspecified atom stereocenters. The van der Waals surface area contributed by atoms with Crippen LogP contribution in [0.4, 0.5) is 181 Å². The van der Waals surface area contributed by atoms with E-state index in [1.54, 1.807) is 4.90 Å². The average Bonchev–Trinajstić information content (AvgIpc) is 0.686. The number of quaternary nitrogens is 2. The Morgan fingerprint density at radius 1 is 0.196 bits per heavy atom. The molecular formula is C68H40B2F40N2.